The first kappa shape index (κ1) is 13.6. The first-order chi connectivity index (χ1) is 7.76. The monoisotopic (exact) mass is 267 g/mol. The average Bonchev–Trinajstić information content (AvgIpc) is 2.70. The van der Waals surface area contributed by atoms with Gasteiger partial charge in [-0.25, -0.2) is 4.98 Å². The van der Waals surface area contributed by atoms with Crippen LogP contribution in [0, 0.1) is 11.3 Å². The molecule has 0 saturated heterocycles. The maximum absolute atomic E-state index is 8.71. The van der Waals surface area contributed by atoms with Crippen molar-refractivity contribution in [2.45, 2.75) is 5.88 Å². The van der Waals surface area contributed by atoms with Gasteiger partial charge < -0.3 is 4.57 Å². The molecule has 5 heteroatoms. The highest BCUT2D eigenvalue weighted by atomic mass is 35.5. The number of imidazole rings is 1. The first-order valence-corrected chi connectivity index (χ1v) is 5.37. The van der Waals surface area contributed by atoms with Crippen LogP contribution in [0.5, 0.6) is 0 Å². The van der Waals surface area contributed by atoms with Crippen LogP contribution in [0.1, 0.15) is 11.3 Å². The minimum absolute atomic E-state index is 0. The fraction of sp³-hybridized carbons (Fsp3) is 0.167. The molecule has 0 saturated carbocycles. The molecule has 0 aliphatic rings. The molecule has 17 heavy (non-hydrogen) atoms. The molecule has 1 aromatic heterocycles. The third kappa shape index (κ3) is 2.60. The van der Waals surface area contributed by atoms with Crippen LogP contribution >= 0.6 is 24.0 Å². The number of aromatic nitrogens is 2. The van der Waals surface area contributed by atoms with E-state index in [1.165, 1.54) is 0 Å². The van der Waals surface area contributed by atoms with Crippen LogP contribution in [0.3, 0.4) is 0 Å². The van der Waals surface area contributed by atoms with E-state index in [-0.39, 0.29) is 12.4 Å². The maximum Gasteiger partial charge on any atom is 0.139 e. The van der Waals surface area contributed by atoms with Gasteiger partial charge in [0.15, 0.2) is 0 Å². The second-order valence-corrected chi connectivity index (χ2v) is 3.72. The lowest BCUT2D eigenvalue weighted by molar-refractivity contribution is 0.875. The van der Waals surface area contributed by atoms with Gasteiger partial charge in [0.1, 0.15) is 5.82 Å². The standard InChI is InChI=1S/C12H10ClN3.ClH/c1-16-11(6-13)8-15-12(16)10-4-2-9(7-14)3-5-10;/h2-5,8H,6H2,1H3;1H. The molecule has 0 unspecified atom stereocenters. The second-order valence-electron chi connectivity index (χ2n) is 3.45. The van der Waals surface area contributed by atoms with Gasteiger partial charge in [0.2, 0.25) is 0 Å². The van der Waals surface area contributed by atoms with E-state index in [9.17, 15) is 0 Å². The Labute approximate surface area is 111 Å². The number of hydrogen-bond donors (Lipinski definition) is 0. The molecule has 2 aromatic rings. The van der Waals surface area contributed by atoms with Gasteiger partial charge in [0.05, 0.1) is 29.4 Å². The Hall–Kier alpha value is -1.50. The smallest absolute Gasteiger partial charge is 0.139 e. The Kier molecular flexibility index (Phi) is 4.56. The van der Waals surface area contributed by atoms with E-state index in [1.807, 2.05) is 23.7 Å². The topological polar surface area (TPSA) is 41.6 Å². The van der Waals surface area contributed by atoms with Crippen LogP contribution in [0.15, 0.2) is 30.5 Å². The molecule has 0 aliphatic heterocycles. The predicted octanol–water partition coefficient (Wildman–Crippen LogP) is 3.12. The van der Waals surface area contributed by atoms with Crippen molar-refractivity contribution in [2.75, 3.05) is 0 Å². The molecule has 1 heterocycles. The van der Waals surface area contributed by atoms with Crippen LogP contribution in [0.4, 0.5) is 0 Å². The molecule has 2 rings (SSSR count). The van der Waals surface area contributed by atoms with E-state index in [2.05, 4.69) is 11.1 Å². The van der Waals surface area contributed by atoms with Crippen molar-refractivity contribution in [3.8, 4) is 17.5 Å². The quantitative estimate of drug-likeness (QED) is 0.785. The summed E-state index contributed by atoms with van der Waals surface area (Å²) in [6, 6.07) is 9.43. The molecular formula is C12H11Cl2N3. The molecule has 88 valence electrons. The summed E-state index contributed by atoms with van der Waals surface area (Å²) in [5.74, 6) is 1.31. The molecule has 0 atom stereocenters. The van der Waals surface area contributed by atoms with Gasteiger partial charge in [0.25, 0.3) is 0 Å². The lowest BCUT2D eigenvalue weighted by Crippen LogP contribution is -1.96. The largest absolute Gasteiger partial charge is 0.330 e. The summed E-state index contributed by atoms with van der Waals surface area (Å²) in [4.78, 5) is 4.31. The molecule has 0 aliphatic carbocycles. The van der Waals surface area contributed by atoms with Gasteiger partial charge in [-0.05, 0) is 24.3 Å². The van der Waals surface area contributed by atoms with Crippen molar-refractivity contribution in [1.82, 2.24) is 9.55 Å². The highest BCUT2D eigenvalue weighted by Gasteiger charge is 2.07. The lowest BCUT2D eigenvalue weighted by atomic mass is 10.1. The predicted molar refractivity (Wildman–Crippen MR) is 70.2 cm³/mol. The number of alkyl halides is 1. The highest BCUT2D eigenvalue weighted by molar-refractivity contribution is 6.16. The molecule has 0 radical (unpaired) electrons. The molecule has 0 amide bonds. The molecule has 0 spiro atoms. The summed E-state index contributed by atoms with van der Waals surface area (Å²) in [7, 11) is 1.93. The summed E-state index contributed by atoms with van der Waals surface area (Å²) in [6.45, 7) is 0. The van der Waals surface area contributed by atoms with Crippen LogP contribution in [0.2, 0.25) is 0 Å². The first-order valence-electron chi connectivity index (χ1n) is 4.83. The minimum Gasteiger partial charge on any atom is -0.330 e. The number of halogens is 2. The summed E-state index contributed by atoms with van der Waals surface area (Å²) in [5, 5.41) is 8.71. The van der Waals surface area contributed by atoms with Crippen LogP contribution in [-0.4, -0.2) is 9.55 Å². The Balaban J connectivity index is 0.00000144. The zero-order chi connectivity index (χ0) is 11.5. The van der Waals surface area contributed by atoms with Crippen LogP contribution in [-0.2, 0) is 12.9 Å². The van der Waals surface area contributed by atoms with E-state index < -0.39 is 0 Å². The average molecular weight is 268 g/mol. The van der Waals surface area contributed by atoms with Gasteiger partial charge in [-0.1, -0.05) is 0 Å². The van der Waals surface area contributed by atoms with E-state index in [0.29, 0.717) is 11.4 Å². The molecule has 0 bridgehead atoms. The van der Waals surface area contributed by atoms with Crippen molar-refractivity contribution in [3.63, 3.8) is 0 Å². The maximum atomic E-state index is 8.71. The van der Waals surface area contributed by atoms with Gasteiger partial charge in [-0.15, -0.1) is 24.0 Å². The summed E-state index contributed by atoms with van der Waals surface area (Å²) < 4.78 is 1.95. The number of rotatable bonds is 2. The van der Waals surface area contributed by atoms with Crippen molar-refractivity contribution < 1.29 is 0 Å². The van der Waals surface area contributed by atoms with E-state index >= 15 is 0 Å². The fourth-order valence-electron chi connectivity index (χ4n) is 1.53. The number of nitrogens with zero attached hydrogens (tertiary/aromatic N) is 3. The van der Waals surface area contributed by atoms with E-state index in [4.69, 9.17) is 16.9 Å². The summed E-state index contributed by atoms with van der Waals surface area (Å²) >= 11 is 5.78. The summed E-state index contributed by atoms with van der Waals surface area (Å²) in [6.07, 6.45) is 1.76. The van der Waals surface area contributed by atoms with Crippen molar-refractivity contribution in [2.24, 2.45) is 7.05 Å². The third-order valence-corrected chi connectivity index (χ3v) is 2.77. The van der Waals surface area contributed by atoms with Crippen LogP contribution in [0.25, 0.3) is 11.4 Å². The molecule has 0 fully saturated rings. The Morgan fingerprint density at radius 2 is 2.00 bits per heavy atom. The SMILES string of the molecule is Cl.Cn1c(CCl)cnc1-c1ccc(C#N)cc1. The molecular weight excluding hydrogens is 257 g/mol. The Morgan fingerprint density at radius 3 is 2.47 bits per heavy atom. The lowest BCUT2D eigenvalue weighted by Gasteiger charge is -2.03. The molecule has 3 nitrogen and oxygen atoms in total. The summed E-state index contributed by atoms with van der Waals surface area (Å²) in [5.41, 5.74) is 2.61. The normalized spacial score (nSPS) is 9.47. The van der Waals surface area contributed by atoms with E-state index in [1.54, 1.807) is 18.3 Å². The minimum atomic E-state index is 0. The van der Waals surface area contributed by atoms with Crippen molar-refractivity contribution >= 4 is 24.0 Å². The van der Waals surface area contributed by atoms with Gasteiger partial charge >= 0.3 is 0 Å². The number of hydrogen-bond acceptors (Lipinski definition) is 2. The second kappa shape index (κ2) is 5.72. The van der Waals surface area contributed by atoms with Gasteiger partial charge in [-0.3, -0.25) is 0 Å². The Bertz CT molecular complexity index is 538. The zero-order valence-electron chi connectivity index (χ0n) is 9.22. The number of benzene rings is 1. The Morgan fingerprint density at radius 1 is 1.35 bits per heavy atom. The molecule has 0 N–H and O–H groups in total. The zero-order valence-corrected chi connectivity index (χ0v) is 10.8. The van der Waals surface area contributed by atoms with Crippen molar-refractivity contribution in [3.05, 3.63) is 41.7 Å². The number of nitriles is 1. The van der Waals surface area contributed by atoms with Crippen molar-refractivity contribution in [1.29, 1.82) is 5.26 Å². The highest BCUT2D eigenvalue weighted by Crippen LogP contribution is 2.19. The van der Waals surface area contributed by atoms with Gasteiger partial charge in [-0.2, -0.15) is 5.26 Å². The fourth-order valence-corrected chi connectivity index (χ4v) is 1.78. The third-order valence-electron chi connectivity index (χ3n) is 2.49. The van der Waals surface area contributed by atoms with Gasteiger partial charge in [0, 0.05) is 12.6 Å². The van der Waals surface area contributed by atoms with Crippen LogP contribution < -0.4 is 0 Å². The van der Waals surface area contributed by atoms with E-state index in [0.717, 1.165) is 17.1 Å². The molecule has 1 aromatic carbocycles.